The minimum absolute atomic E-state index is 0.0164. The number of likely N-dealkylation sites (tertiary alicyclic amines) is 1. The number of fused-ring (bicyclic) bond motifs is 1. The molecule has 9 heteroatoms. The summed E-state index contributed by atoms with van der Waals surface area (Å²) >= 11 is 0. The van der Waals surface area contributed by atoms with Gasteiger partial charge in [-0.25, -0.2) is 4.79 Å². The number of carbonyl (C=O) groups is 3. The standard InChI is InChI=1S/C25H26N4O5/c1-34-19-7-8-20-17(13-19)14-29(22(20)31)15-25(23(32)26-24(33)27-25)18-9-11-28(12-10-18)21(30)16-5-3-2-4-6-16/h2-8,13-14,18,31H,9-12,15H2,1H3,(H2,26,27,32,33). The molecule has 2 fully saturated rings. The lowest BCUT2D eigenvalue weighted by Gasteiger charge is -2.40. The second-order valence-corrected chi connectivity index (χ2v) is 8.85. The number of aromatic nitrogens is 1. The first-order chi connectivity index (χ1) is 16.4. The van der Waals surface area contributed by atoms with E-state index in [0.29, 0.717) is 42.6 Å². The fourth-order valence-corrected chi connectivity index (χ4v) is 5.12. The van der Waals surface area contributed by atoms with Gasteiger partial charge >= 0.3 is 6.03 Å². The molecule has 0 radical (unpaired) electrons. The van der Waals surface area contributed by atoms with Crippen molar-refractivity contribution in [2.75, 3.05) is 20.2 Å². The molecule has 2 aliphatic rings. The molecule has 2 aliphatic heterocycles. The Balaban J connectivity index is 1.40. The molecule has 0 saturated carbocycles. The van der Waals surface area contributed by atoms with Crippen molar-refractivity contribution < 1.29 is 24.2 Å². The van der Waals surface area contributed by atoms with Gasteiger partial charge in [0.1, 0.15) is 11.3 Å². The van der Waals surface area contributed by atoms with E-state index in [0.717, 1.165) is 5.39 Å². The van der Waals surface area contributed by atoms with Crippen molar-refractivity contribution in [1.29, 1.82) is 0 Å². The topological polar surface area (TPSA) is 113 Å². The predicted molar refractivity (Wildman–Crippen MR) is 125 cm³/mol. The van der Waals surface area contributed by atoms with Crippen molar-refractivity contribution in [2.45, 2.75) is 24.9 Å². The maximum Gasteiger partial charge on any atom is 0.322 e. The van der Waals surface area contributed by atoms with E-state index in [-0.39, 0.29) is 24.2 Å². The molecule has 2 aromatic carbocycles. The van der Waals surface area contributed by atoms with E-state index >= 15 is 0 Å². The summed E-state index contributed by atoms with van der Waals surface area (Å²) in [7, 11) is 1.57. The molecule has 0 bridgehead atoms. The van der Waals surface area contributed by atoms with E-state index in [1.807, 2.05) is 18.2 Å². The lowest BCUT2D eigenvalue weighted by Crippen LogP contribution is -2.58. The number of urea groups is 1. The highest BCUT2D eigenvalue weighted by Gasteiger charge is 2.53. The molecule has 4 amide bonds. The zero-order valence-electron chi connectivity index (χ0n) is 18.8. The molecular weight excluding hydrogens is 436 g/mol. The Morgan fingerprint density at radius 2 is 1.88 bits per heavy atom. The average Bonchev–Trinajstić information content (AvgIpc) is 3.33. The Hall–Kier alpha value is -4.01. The van der Waals surface area contributed by atoms with Gasteiger partial charge < -0.3 is 24.6 Å². The zero-order valence-corrected chi connectivity index (χ0v) is 18.8. The van der Waals surface area contributed by atoms with Crippen molar-refractivity contribution in [3.05, 3.63) is 60.3 Å². The van der Waals surface area contributed by atoms with Crippen molar-refractivity contribution >= 4 is 28.6 Å². The van der Waals surface area contributed by atoms with Gasteiger partial charge in [-0.1, -0.05) is 18.2 Å². The highest BCUT2D eigenvalue weighted by atomic mass is 16.5. The fourth-order valence-electron chi connectivity index (χ4n) is 5.12. The van der Waals surface area contributed by atoms with E-state index in [4.69, 9.17) is 4.74 Å². The van der Waals surface area contributed by atoms with E-state index in [2.05, 4.69) is 10.6 Å². The van der Waals surface area contributed by atoms with Gasteiger partial charge in [-0.15, -0.1) is 0 Å². The minimum Gasteiger partial charge on any atom is -0.497 e. The van der Waals surface area contributed by atoms with Crippen molar-refractivity contribution in [1.82, 2.24) is 20.1 Å². The van der Waals surface area contributed by atoms with Gasteiger partial charge in [-0.2, -0.15) is 0 Å². The van der Waals surface area contributed by atoms with Gasteiger partial charge in [0.2, 0.25) is 0 Å². The van der Waals surface area contributed by atoms with Crippen LogP contribution in [0.2, 0.25) is 0 Å². The predicted octanol–water partition coefficient (Wildman–Crippen LogP) is 2.49. The Bertz CT molecular complexity index is 1260. The second-order valence-electron chi connectivity index (χ2n) is 8.85. The third-order valence-corrected chi connectivity index (χ3v) is 6.96. The monoisotopic (exact) mass is 462 g/mol. The number of methoxy groups -OCH3 is 1. The number of hydrogen-bond acceptors (Lipinski definition) is 5. The molecule has 0 aliphatic carbocycles. The van der Waals surface area contributed by atoms with E-state index in [1.54, 1.807) is 53.1 Å². The van der Waals surface area contributed by atoms with Crippen LogP contribution in [0.3, 0.4) is 0 Å². The number of hydrogen-bond donors (Lipinski definition) is 3. The van der Waals surface area contributed by atoms with Crippen molar-refractivity contribution in [3.8, 4) is 11.6 Å². The maximum absolute atomic E-state index is 13.1. The normalized spacial score (nSPS) is 20.9. The molecule has 176 valence electrons. The van der Waals surface area contributed by atoms with Gasteiger partial charge in [-0.05, 0) is 49.1 Å². The molecule has 1 atom stereocenters. The van der Waals surface area contributed by atoms with Crippen molar-refractivity contribution in [2.24, 2.45) is 5.92 Å². The van der Waals surface area contributed by atoms with Gasteiger partial charge in [0.25, 0.3) is 11.8 Å². The first-order valence-corrected chi connectivity index (χ1v) is 11.2. The molecule has 3 N–H and O–H groups in total. The third kappa shape index (κ3) is 3.63. The van der Waals surface area contributed by atoms with E-state index in [1.165, 1.54) is 0 Å². The Kier molecular flexibility index (Phi) is 5.39. The number of rotatable bonds is 5. The molecule has 1 aromatic heterocycles. The number of nitrogens with one attached hydrogen (secondary N) is 2. The number of benzene rings is 2. The zero-order chi connectivity index (χ0) is 23.9. The number of aromatic hydroxyl groups is 1. The summed E-state index contributed by atoms with van der Waals surface area (Å²) in [6, 6.07) is 13.9. The number of ether oxygens (including phenoxy) is 1. The Morgan fingerprint density at radius 1 is 1.15 bits per heavy atom. The largest absolute Gasteiger partial charge is 0.497 e. The second kappa shape index (κ2) is 8.40. The summed E-state index contributed by atoms with van der Waals surface area (Å²) in [5, 5.41) is 17.5. The van der Waals surface area contributed by atoms with Crippen LogP contribution in [0, 0.1) is 5.92 Å². The van der Waals surface area contributed by atoms with Crippen LogP contribution in [-0.2, 0) is 11.3 Å². The maximum atomic E-state index is 13.1. The van der Waals surface area contributed by atoms with Gasteiger partial charge in [0.05, 0.1) is 13.7 Å². The molecule has 5 rings (SSSR count). The van der Waals surface area contributed by atoms with E-state index < -0.39 is 17.5 Å². The third-order valence-electron chi connectivity index (χ3n) is 6.96. The fraction of sp³-hybridized carbons (Fsp3) is 0.320. The molecule has 34 heavy (non-hydrogen) atoms. The molecule has 3 aromatic rings. The molecule has 3 heterocycles. The van der Waals surface area contributed by atoms with Crippen LogP contribution >= 0.6 is 0 Å². The summed E-state index contributed by atoms with van der Waals surface area (Å²) in [5.41, 5.74) is -0.600. The first-order valence-electron chi connectivity index (χ1n) is 11.2. The quantitative estimate of drug-likeness (QED) is 0.505. The number of nitrogens with zero attached hydrogens (tertiary/aromatic N) is 2. The summed E-state index contributed by atoms with van der Waals surface area (Å²) in [4.78, 5) is 39.9. The molecule has 2 saturated heterocycles. The molecule has 9 nitrogen and oxygen atoms in total. The molecular formula is C25H26N4O5. The van der Waals surface area contributed by atoms with Crippen LogP contribution in [0.1, 0.15) is 23.2 Å². The summed E-state index contributed by atoms with van der Waals surface area (Å²) < 4.78 is 6.86. The van der Waals surface area contributed by atoms with Gasteiger partial charge in [0, 0.05) is 35.6 Å². The highest BCUT2D eigenvalue weighted by molar-refractivity contribution is 6.07. The lowest BCUT2D eigenvalue weighted by molar-refractivity contribution is -0.127. The summed E-state index contributed by atoms with van der Waals surface area (Å²) in [6.07, 6.45) is 2.84. The van der Waals surface area contributed by atoms with Crippen LogP contribution < -0.4 is 15.4 Å². The number of piperidine rings is 1. The van der Waals surface area contributed by atoms with Crippen LogP contribution in [-0.4, -0.2) is 58.2 Å². The smallest absolute Gasteiger partial charge is 0.322 e. The Morgan fingerprint density at radius 3 is 2.53 bits per heavy atom. The first kappa shape index (κ1) is 21.8. The van der Waals surface area contributed by atoms with Crippen molar-refractivity contribution in [3.63, 3.8) is 0 Å². The highest BCUT2D eigenvalue weighted by Crippen LogP contribution is 2.36. The number of imide groups is 1. The SMILES string of the molecule is COc1ccc2c(O)n(CC3(C4CCN(C(=O)c5ccccc5)CC4)NC(=O)NC3=O)cc2c1. The van der Waals surface area contributed by atoms with Gasteiger partial charge in [0.15, 0.2) is 5.88 Å². The number of carbonyl (C=O) groups excluding carboxylic acids is 3. The summed E-state index contributed by atoms with van der Waals surface area (Å²) in [6.45, 7) is 1.02. The molecule has 1 unspecified atom stereocenters. The van der Waals surface area contributed by atoms with Crippen LogP contribution in [0.5, 0.6) is 11.6 Å². The lowest BCUT2D eigenvalue weighted by atomic mass is 9.77. The van der Waals surface area contributed by atoms with Crippen LogP contribution in [0.4, 0.5) is 4.79 Å². The summed E-state index contributed by atoms with van der Waals surface area (Å²) in [5.74, 6) is -0.000969. The average molecular weight is 463 g/mol. The van der Waals surface area contributed by atoms with Gasteiger partial charge in [-0.3, -0.25) is 14.9 Å². The molecule has 0 spiro atoms. The Labute approximate surface area is 196 Å². The van der Waals surface area contributed by atoms with Crippen LogP contribution in [0.25, 0.3) is 10.8 Å². The minimum atomic E-state index is -1.23. The number of amides is 4. The van der Waals surface area contributed by atoms with E-state index in [9.17, 15) is 19.5 Å². The van der Waals surface area contributed by atoms with Crippen LogP contribution in [0.15, 0.2) is 54.7 Å².